The minimum Gasteiger partial charge on any atom is -0.617 e. The maximum Gasteiger partial charge on any atom is 0.107 e. The van der Waals surface area contributed by atoms with Crippen molar-refractivity contribution in [3.05, 3.63) is 0 Å². The highest BCUT2D eigenvalue weighted by molar-refractivity contribution is 7.90. The average Bonchev–Trinajstić information content (AvgIpc) is 2.34. The van der Waals surface area contributed by atoms with E-state index in [-0.39, 0.29) is 6.10 Å². The van der Waals surface area contributed by atoms with E-state index in [1.807, 2.05) is 0 Å². The molecule has 0 aromatic heterocycles. The Morgan fingerprint density at radius 3 is 1.89 bits per heavy atom. The molecular weight excluding hydrogens is 244 g/mol. The van der Waals surface area contributed by atoms with Gasteiger partial charge >= 0.3 is 0 Å². The first kappa shape index (κ1) is 18.3. The zero-order valence-electron chi connectivity index (χ0n) is 12.3. The van der Waals surface area contributed by atoms with E-state index >= 15 is 0 Å². The van der Waals surface area contributed by atoms with Gasteiger partial charge in [-0.05, 0) is 6.42 Å². The Hall–Kier alpha value is 0.270. The van der Waals surface area contributed by atoms with E-state index in [0.717, 1.165) is 12.8 Å². The van der Waals surface area contributed by atoms with Gasteiger partial charge in [0.2, 0.25) is 0 Å². The molecule has 0 rings (SSSR count). The fourth-order valence-electron chi connectivity index (χ4n) is 2.14. The lowest BCUT2D eigenvalue weighted by Crippen LogP contribution is -2.13. The van der Waals surface area contributed by atoms with E-state index in [9.17, 15) is 9.66 Å². The van der Waals surface area contributed by atoms with Crippen LogP contribution in [0.1, 0.15) is 77.6 Å². The van der Waals surface area contributed by atoms with Crippen LogP contribution in [0.2, 0.25) is 0 Å². The minimum atomic E-state index is -0.761. The first-order valence-electron chi connectivity index (χ1n) is 7.65. The zero-order chi connectivity index (χ0) is 13.6. The van der Waals surface area contributed by atoms with E-state index in [2.05, 4.69) is 6.92 Å². The quantitative estimate of drug-likeness (QED) is 0.407. The van der Waals surface area contributed by atoms with Gasteiger partial charge < -0.3 is 9.66 Å². The second-order valence-corrected chi connectivity index (χ2v) is 6.89. The Bertz CT molecular complexity index is 163. The summed E-state index contributed by atoms with van der Waals surface area (Å²) in [7, 11) is 0. The first-order valence-corrected chi connectivity index (χ1v) is 9.37. The first-order chi connectivity index (χ1) is 8.66. The maximum atomic E-state index is 10.9. The Labute approximate surface area is 117 Å². The van der Waals surface area contributed by atoms with E-state index in [4.69, 9.17) is 0 Å². The summed E-state index contributed by atoms with van der Waals surface area (Å²) in [6.07, 6.45) is 14.9. The molecule has 3 heteroatoms. The molecule has 0 aliphatic carbocycles. The standard InChI is InChI=1S/C15H32O2S/c1-3-4-5-6-7-8-9-10-11-12-15(16)13-14-18(2)17/h15-16H,3-14H2,1-2H3. The molecule has 0 fully saturated rings. The normalized spacial score (nSPS) is 14.7. The van der Waals surface area contributed by atoms with Gasteiger partial charge in [0.25, 0.3) is 0 Å². The van der Waals surface area contributed by atoms with Crippen molar-refractivity contribution in [3.8, 4) is 0 Å². The molecule has 0 aromatic carbocycles. The summed E-state index contributed by atoms with van der Waals surface area (Å²) in [5, 5.41) is 9.66. The van der Waals surface area contributed by atoms with Crippen molar-refractivity contribution in [1.29, 1.82) is 0 Å². The SMILES string of the molecule is CCCCCCCCCCCC(O)CC[S+](C)[O-]. The molecule has 1 N–H and O–H groups in total. The van der Waals surface area contributed by atoms with Crippen molar-refractivity contribution in [1.82, 2.24) is 0 Å². The number of hydrogen-bond donors (Lipinski definition) is 1. The maximum absolute atomic E-state index is 10.9. The molecule has 0 bridgehead atoms. The Morgan fingerprint density at radius 2 is 1.39 bits per heavy atom. The molecule has 0 radical (unpaired) electrons. The molecular formula is C15H32O2S. The van der Waals surface area contributed by atoms with Gasteiger partial charge in [0, 0.05) is 6.42 Å². The molecule has 2 atom stereocenters. The van der Waals surface area contributed by atoms with Gasteiger partial charge in [-0.3, -0.25) is 0 Å². The number of unbranched alkanes of at least 4 members (excludes halogenated alkanes) is 8. The molecule has 110 valence electrons. The van der Waals surface area contributed by atoms with Crippen molar-refractivity contribution in [2.24, 2.45) is 0 Å². The molecule has 0 heterocycles. The number of aliphatic hydroxyl groups excluding tert-OH is 1. The lowest BCUT2D eigenvalue weighted by Gasteiger charge is -2.11. The largest absolute Gasteiger partial charge is 0.617 e. The van der Waals surface area contributed by atoms with Crippen LogP contribution in [0, 0.1) is 0 Å². The highest BCUT2D eigenvalue weighted by Crippen LogP contribution is 2.12. The second-order valence-electron chi connectivity index (χ2n) is 5.34. The van der Waals surface area contributed by atoms with Crippen LogP contribution in [0.4, 0.5) is 0 Å². The third kappa shape index (κ3) is 14.3. The van der Waals surface area contributed by atoms with Crippen LogP contribution in [0.5, 0.6) is 0 Å². The summed E-state index contributed by atoms with van der Waals surface area (Å²) in [4.78, 5) is 0. The fourth-order valence-corrected chi connectivity index (χ4v) is 2.74. The van der Waals surface area contributed by atoms with Gasteiger partial charge in [0.1, 0.15) is 5.75 Å². The number of aliphatic hydroxyl groups is 1. The average molecular weight is 276 g/mol. The Kier molecular flexibility index (Phi) is 13.9. The summed E-state index contributed by atoms with van der Waals surface area (Å²) in [5.74, 6) is 0.637. The third-order valence-corrected chi connectivity index (χ3v) is 4.19. The van der Waals surface area contributed by atoms with Gasteiger partial charge in [-0.2, -0.15) is 0 Å². The van der Waals surface area contributed by atoms with Crippen LogP contribution < -0.4 is 0 Å². The Morgan fingerprint density at radius 1 is 0.889 bits per heavy atom. The lowest BCUT2D eigenvalue weighted by molar-refractivity contribution is 0.157. The van der Waals surface area contributed by atoms with E-state index < -0.39 is 11.2 Å². The zero-order valence-corrected chi connectivity index (χ0v) is 13.1. The van der Waals surface area contributed by atoms with Crippen molar-refractivity contribution < 1.29 is 9.66 Å². The van der Waals surface area contributed by atoms with E-state index in [1.54, 1.807) is 6.26 Å². The van der Waals surface area contributed by atoms with Gasteiger partial charge in [0.05, 0.1) is 12.4 Å². The van der Waals surface area contributed by atoms with Gasteiger partial charge in [-0.25, -0.2) is 0 Å². The predicted octanol–water partition coefficient (Wildman–Crippen LogP) is 4.04. The van der Waals surface area contributed by atoms with Crippen molar-refractivity contribution >= 4 is 11.2 Å². The van der Waals surface area contributed by atoms with Gasteiger partial charge in [0.15, 0.2) is 0 Å². The highest BCUT2D eigenvalue weighted by Gasteiger charge is 2.07. The van der Waals surface area contributed by atoms with Crippen LogP contribution in [-0.4, -0.2) is 27.8 Å². The van der Waals surface area contributed by atoms with Crippen molar-refractivity contribution in [2.75, 3.05) is 12.0 Å². The molecule has 0 aliphatic heterocycles. The van der Waals surface area contributed by atoms with Gasteiger partial charge in [-0.1, -0.05) is 75.9 Å². The van der Waals surface area contributed by atoms with Crippen LogP contribution >= 0.6 is 0 Å². The van der Waals surface area contributed by atoms with Crippen LogP contribution in [0.25, 0.3) is 0 Å². The highest BCUT2D eigenvalue weighted by atomic mass is 32.2. The molecule has 0 saturated heterocycles. The smallest absolute Gasteiger partial charge is 0.107 e. The molecule has 0 aliphatic rings. The van der Waals surface area contributed by atoms with Crippen LogP contribution in [0.3, 0.4) is 0 Å². The topological polar surface area (TPSA) is 43.3 Å². The molecule has 0 saturated carbocycles. The summed E-state index contributed by atoms with van der Waals surface area (Å²) in [6.45, 7) is 2.25. The van der Waals surface area contributed by atoms with Crippen molar-refractivity contribution in [2.45, 2.75) is 83.7 Å². The van der Waals surface area contributed by atoms with E-state index in [1.165, 1.54) is 51.4 Å². The van der Waals surface area contributed by atoms with Crippen LogP contribution in [0.15, 0.2) is 0 Å². The summed E-state index contributed by atoms with van der Waals surface area (Å²) < 4.78 is 10.9. The lowest BCUT2D eigenvalue weighted by atomic mass is 10.0. The monoisotopic (exact) mass is 276 g/mol. The molecule has 0 amide bonds. The van der Waals surface area contributed by atoms with Crippen LogP contribution in [-0.2, 0) is 11.2 Å². The number of hydrogen-bond acceptors (Lipinski definition) is 2. The van der Waals surface area contributed by atoms with Crippen molar-refractivity contribution in [3.63, 3.8) is 0 Å². The second kappa shape index (κ2) is 13.7. The molecule has 0 aromatic rings. The third-order valence-electron chi connectivity index (χ3n) is 3.38. The molecule has 2 nitrogen and oxygen atoms in total. The predicted molar refractivity (Wildman–Crippen MR) is 81.4 cm³/mol. The van der Waals surface area contributed by atoms with E-state index in [0.29, 0.717) is 12.2 Å². The van der Waals surface area contributed by atoms with Gasteiger partial charge in [-0.15, -0.1) is 0 Å². The molecule has 18 heavy (non-hydrogen) atoms. The summed E-state index contributed by atoms with van der Waals surface area (Å²) >= 11 is -0.761. The fraction of sp³-hybridized carbons (Fsp3) is 1.00. The minimum absolute atomic E-state index is 0.238. The Balaban J connectivity index is 3.10. The molecule has 0 spiro atoms. The summed E-state index contributed by atoms with van der Waals surface area (Å²) in [6, 6.07) is 0. The number of rotatable bonds is 13. The summed E-state index contributed by atoms with van der Waals surface area (Å²) in [5.41, 5.74) is 0. The molecule has 2 unspecified atom stereocenters.